The average Bonchev–Trinajstić information content (AvgIpc) is 2.53. The highest BCUT2D eigenvalue weighted by molar-refractivity contribution is 5.92. The third-order valence-electron chi connectivity index (χ3n) is 4.10. The highest BCUT2D eigenvalue weighted by Crippen LogP contribution is 2.25. The van der Waals surface area contributed by atoms with Gasteiger partial charge in [-0.05, 0) is 24.6 Å². The van der Waals surface area contributed by atoms with Gasteiger partial charge in [0.15, 0.2) is 0 Å². The third kappa shape index (κ3) is 4.96. The Bertz CT molecular complexity index is 566. The maximum atomic E-state index is 12.1. The number of nitrogens with zero attached hydrogens (tertiary/aromatic N) is 2. The molecule has 0 atom stereocenters. The van der Waals surface area contributed by atoms with Crippen LogP contribution in [-0.2, 0) is 9.59 Å². The summed E-state index contributed by atoms with van der Waals surface area (Å²) in [6.07, 6.45) is 0.428. The third-order valence-corrected chi connectivity index (χ3v) is 4.10. The number of benzene rings is 1. The van der Waals surface area contributed by atoms with E-state index in [4.69, 9.17) is 4.74 Å². The van der Waals surface area contributed by atoms with Crippen molar-refractivity contribution in [2.45, 2.75) is 20.3 Å². The van der Waals surface area contributed by atoms with Gasteiger partial charge in [0.05, 0.1) is 12.8 Å². The average molecular weight is 319 g/mol. The van der Waals surface area contributed by atoms with Gasteiger partial charge in [-0.3, -0.25) is 14.5 Å². The molecule has 2 amide bonds. The van der Waals surface area contributed by atoms with Crippen LogP contribution in [-0.4, -0.2) is 61.4 Å². The number of carbonyl (C=O) groups is 2. The molecule has 1 aliphatic rings. The number of carbonyl (C=O) groups excluding carboxylic acids is 2. The van der Waals surface area contributed by atoms with Crippen molar-refractivity contribution in [3.05, 3.63) is 23.8 Å². The SMILES string of the molecule is COc1ccc(C)cc1NC(=O)CCN1CCN(C(C)=O)CC1. The summed E-state index contributed by atoms with van der Waals surface area (Å²) in [5, 5.41) is 2.91. The Labute approximate surface area is 137 Å². The highest BCUT2D eigenvalue weighted by Gasteiger charge is 2.19. The van der Waals surface area contributed by atoms with Gasteiger partial charge in [-0.1, -0.05) is 6.07 Å². The molecule has 2 rings (SSSR count). The second kappa shape index (κ2) is 7.97. The van der Waals surface area contributed by atoms with Crippen LogP contribution in [0, 0.1) is 6.92 Å². The van der Waals surface area contributed by atoms with Crippen LogP contribution in [0.1, 0.15) is 18.9 Å². The van der Waals surface area contributed by atoms with E-state index < -0.39 is 0 Å². The standard InChI is InChI=1S/C17H25N3O3/c1-13-4-5-16(23-3)15(12-13)18-17(22)6-7-19-8-10-20(11-9-19)14(2)21/h4-5,12H,6-11H2,1-3H3,(H,18,22). The lowest BCUT2D eigenvalue weighted by Gasteiger charge is -2.34. The topological polar surface area (TPSA) is 61.9 Å². The number of hydrogen-bond acceptors (Lipinski definition) is 4. The van der Waals surface area contributed by atoms with Gasteiger partial charge < -0.3 is 15.0 Å². The summed E-state index contributed by atoms with van der Waals surface area (Å²) >= 11 is 0. The van der Waals surface area contributed by atoms with E-state index in [0.717, 1.165) is 31.7 Å². The summed E-state index contributed by atoms with van der Waals surface area (Å²) in [6.45, 7) is 7.39. The summed E-state index contributed by atoms with van der Waals surface area (Å²) in [4.78, 5) is 27.5. The Kier molecular flexibility index (Phi) is 5.98. The van der Waals surface area contributed by atoms with Crippen LogP contribution < -0.4 is 10.1 Å². The van der Waals surface area contributed by atoms with E-state index in [1.165, 1.54) is 0 Å². The fraction of sp³-hybridized carbons (Fsp3) is 0.529. The molecule has 126 valence electrons. The Morgan fingerprint density at radius 1 is 1.22 bits per heavy atom. The molecule has 0 spiro atoms. The Hall–Kier alpha value is -2.08. The summed E-state index contributed by atoms with van der Waals surface area (Å²) < 4.78 is 5.27. The molecule has 1 fully saturated rings. The molecule has 6 nitrogen and oxygen atoms in total. The number of methoxy groups -OCH3 is 1. The number of rotatable bonds is 5. The molecule has 1 heterocycles. The molecule has 0 unspecified atom stereocenters. The summed E-state index contributed by atoms with van der Waals surface area (Å²) in [5.74, 6) is 0.760. The van der Waals surface area contributed by atoms with Crippen LogP contribution in [0.15, 0.2) is 18.2 Å². The number of ether oxygens (including phenoxy) is 1. The number of nitrogens with one attached hydrogen (secondary N) is 1. The molecule has 6 heteroatoms. The highest BCUT2D eigenvalue weighted by atomic mass is 16.5. The minimum Gasteiger partial charge on any atom is -0.495 e. The molecule has 0 radical (unpaired) electrons. The molecular weight excluding hydrogens is 294 g/mol. The molecule has 0 saturated carbocycles. The molecule has 1 saturated heterocycles. The molecule has 0 bridgehead atoms. The van der Waals surface area contributed by atoms with E-state index in [1.54, 1.807) is 14.0 Å². The van der Waals surface area contributed by atoms with E-state index in [9.17, 15) is 9.59 Å². The van der Waals surface area contributed by atoms with Crippen LogP contribution in [0.25, 0.3) is 0 Å². The van der Waals surface area contributed by atoms with Crippen molar-refractivity contribution in [2.24, 2.45) is 0 Å². The fourth-order valence-corrected chi connectivity index (χ4v) is 2.68. The van der Waals surface area contributed by atoms with Gasteiger partial charge in [-0.15, -0.1) is 0 Å². The second-order valence-corrected chi connectivity index (χ2v) is 5.85. The van der Waals surface area contributed by atoms with Crippen LogP contribution in [0.2, 0.25) is 0 Å². The zero-order valence-electron chi connectivity index (χ0n) is 14.1. The first-order chi connectivity index (χ1) is 11.0. The Morgan fingerprint density at radius 3 is 2.52 bits per heavy atom. The number of aryl methyl sites for hydroxylation is 1. The monoisotopic (exact) mass is 319 g/mol. The normalized spacial score (nSPS) is 15.3. The van der Waals surface area contributed by atoms with Crippen LogP contribution in [0.3, 0.4) is 0 Å². The Balaban J connectivity index is 1.80. The van der Waals surface area contributed by atoms with Crippen molar-refractivity contribution in [1.82, 2.24) is 9.80 Å². The Morgan fingerprint density at radius 2 is 1.91 bits per heavy atom. The molecular formula is C17H25N3O3. The number of piperazine rings is 1. The van der Waals surface area contributed by atoms with Crippen LogP contribution >= 0.6 is 0 Å². The minimum absolute atomic E-state index is 0.0251. The summed E-state index contributed by atoms with van der Waals surface area (Å²) in [7, 11) is 1.59. The number of anilines is 1. The van der Waals surface area contributed by atoms with E-state index in [-0.39, 0.29) is 11.8 Å². The van der Waals surface area contributed by atoms with Crippen molar-refractivity contribution < 1.29 is 14.3 Å². The smallest absolute Gasteiger partial charge is 0.225 e. The molecule has 0 aromatic heterocycles. The van der Waals surface area contributed by atoms with Crippen molar-refractivity contribution in [3.8, 4) is 5.75 Å². The summed E-state index contributed by atoms with van der Waals surface area (Å²) in [6, 6.07) is 5.71. The van der Waals surface area contributed by atoms with Gasteiger partial charge in [0.1, 0.15) is 5.75 Å². The predicted molar refractivity (Wildman–Crippen MR) is 89.7 cm³/mol. The maximum absolute atomic E-state index is 12.1. The van der Waals surface area contributed by atoms with Gasteiger partial charge in [0.25, 0.3) is 0 Å². The van der Waals surface area contributed by atoms with Crippen LogP contribution in [0.4, 0.5) is 5.69 Å². The zero-order valence-corrected chi connectivity index (χ0v) is 14.1. The first-order valence-electron chi connectivity index (χ1n) is 7.92. The quantitative estimate of drug-likeness (QED) is 0.893. The van der Waals surface area contributed by atoms with E-state index in [2.05, 4.69) is 10.2 Å². The van der Waals surface area contributed by atoms with E-state index in [0.29, 0.717) is 24.4 Å². The zero-order chi connectivity index (χ0) is 16.8. The van der Waals surface area contributed by atoms with E-state index in [1.807, 2.05) is 30.0 Å². The molecule has 1 aromatic carbocycles. The van der Waals surface area contributed by atoms with E-state index >= 15 is 0 Å². The lowest BCUT2D eigenvalue weighted by atomic mass is 10.2. The molecule has 1 aliphatic heterocycles. The van der Waals surface area contributed by atoms with Crippen molar-refractivity contribution in [3.63, 3.8) is 0 Å². The second-order valence-electron chi connectivity index (χ2n) is 5.85. The number of amides is 2. The molecule has 23 heavy (non-hydrogen) atoms. The van der Waals surface area contributed by atoms with Crippen molar-refractivity contribution in [1.29, 1.82) is 0 Å². The first-order valence-corrected chi connectivity index (χ1v) is 7.92. The van der Waals surface area contributed by atoms with Gasteiger partial charge in [-0.2, -0.15) is 0 Å². The molecule has 0 aliphatic carbocycles. The fourth-order valence-electron chi connectivity index (χ4n) is 2.68. The molecule has 1 aromatic rings. The largest absolute Gasteiger partial charge is 0.495 e. The predicted octanol–water partition coefficient (Wildman–Crippen LogP) is 1.50. The van der Waals surface area contributed by atoms with Gasteiger partial charge in [0, 0.05) is 46.1 Å². The number of hydrogen-bond donors (Lipinski definition) is 1. The minimum atomic E-state index is -0.0251. The van der Waals surface area contributed by atoms with Crippen LogP contribution in [0.5, 0.6) is 5.75 Å². The van der Waals surface area contributed by atoms with Crippen molar-refractivity contribution in [2.75, 3.05) is 45.2 Å². The van der Waals surface area contributed by atoms with Crippen molar-refractivity contribution >= 4 is 17.5 Å². The van der Waals surface area contributed by atoms with Gasteiger partial charge >= 0.3 is 0 Å². The van der Waals surface area contributed by atoms with Gasteiger partial charge in [-0.25, -0.2) is 0 Å². The first kappa shape index (κ1) is 17.3. The summed E-state index contributed by atoms with van der Waals surface area (Å²) in [5.41, 5.74) is 1.78. The van der Waals surface area contributed by atoms with Gasteiger partial charge in [0.2, 0.25) is 11.8 Å². The lowest BCUT2D eigenvalue weighted by molar-refractivity contribution is -0.130. The lowest BCUT2D eigenvalue weighted by Crippen LogP contribution is -2.48. The molecule has 1 N–H and O–H groups in total. The maximum Gasteiger partial charge on any atom is 0.225 e.